The van der Waals surface area contributed by atoms with Gasteiger partial charge in [-0.1, -0.05) is 6.92 Å². The molecule has 0 aromatic heterocycles. The molecule has 3 atom stereocenters. The minimum atomic E-state index is -4.04. The highest BCUT2D eigenvalue weighted by atomic mass is 32.2. The van der Waals surface area contributed by atoms with Crippen LogP contribution in [0.1, 0.15) is 19.8 Å². The summed E-state index contributed by atoms with van der Waals surface area (Å²) >= 11 is 3.67. The Balaban J connectivity index is 2.45. The van der Waals surface area contributed by atoms with Gasteiger partial charge in [-0.25, -0.2) is 0 Å². The van der Waals surface area contributed by atoms with Crippen molar-refractivity contribution in [3.05, 3.63) is 0 Å². The SMILES string of the molecule is CNC(CCC(F)(F)F)C1SCCSC1C. The van der Waals surface area contributed by atoms with E-state index in [0.717, 1.165) is 11.5 Å². The van der Waals surface area contributed by atoms with E-state index in [-0.39, 0.29) is 12.5 Å². The number of hydrogen-bond acceptors (Lipinski definition) is 3. The minimum Gasteiger partial charge on any atom is -0.316 e. The lowest BCUT2D eigenvalue weighted by Gasteiger charge is -2.34. The van der Waals surface area contributed by atoms with Gasteiger partial charge >= 0.3 is 6.18 Å². The van der Waals surface area contributed by atoms with Crippen molar-refractivity contribution in [1.82, 2.24) is 5.32 Å². The van der Waals surface area contributed by atoms with Gasteiger partial charge < -0.3 is 5.32 Å². The number of alkyl halides is 3. The topological polar surface area (TPSA) is 12.0 Å². The molecule has 3 unspecified atom stereocenters. The summed E-state index contributed by atoms with van der Waals surface area (Å²) in [6.45, 7) is 2.11. The van der Waals surface area contributed by atoms with Crippen LogP contribution < -0.4 is 5.32 Å². The van der Waals surface area contributed by atoms with Crippen molar-refractivity contribution >= 4 is 23.5 Å². The van der Waals surface area contributed by atoms with Crippen LogP contribution in [0.25, 0.3) is 0 Å². The number of nitrogens with one attached hydrogen (secondary N) is 1. The fourth-order valence-electron chi connectivity index (χ4n) is 1.88. The lowest BCUT2D eigenvalue weighted by atomic mass is 10.1. The molecule has 6 heteroatoms. The smallest absolute Gasteiger partial charge is 0.316 e. The van der Waals surface area contributed by atoms with Gasteiger partial charge in [-0.15, -0.1) is 0 Å². The average Bonchev–Trinajstić information content (AvgIpc) is 2.20. The number of thioether (sulfide) groups is 2. The molecule has 96 valence electrons. The minimum absolute atomic E-state index is 0.0329. The summed E-state index contributed by atoms with van der Waals surface area (Å²) in [6, 6.07) is -0.0329. The highest BCUT2D eigenvalue weighted by molar-refractivity contribution is 8.07. The quantitative estimate of drug-likeness (QED) is 0.845. The second-order valence-corrected chi connectivity index (χ2v) is 6.73. The average molecular weight is 273 g/mol. The van der Waals surface area contributed by atoms with Gasteiger partial charge in [0.1, 0.15) is 0 Å². The molecule has 1 aliphatic heterocycles. The molecule has 0 aliphatic carbocycles. The van der Waals surface area contributed by atoms with E-state index in [4.69, 9.17) is 0 Å². The van der Waals surface area contributed by atoms with E-state index in [1.165, 1.54) is 0 Å². The second kappa shape index (κ2) is 6.40. The highest BCUT2D eigenvalue weighted by Gasteiger charge is 2.33. The Kier molecular flexibility index (Phi) is 5.81. The predicted molar refractivity (Wildman–Crippen MR) is 66.3 cm³/mol. The van der Waals surface area contributed by atoms with Crippen LogP contribution in [-0.2, 0) is 0 Å². The first-order valence-corrected chi connectivity index (χ1v) is 7.51. The summed E-state index contributed by atoms with van der Waals surface area (Å²) < 4.78 is 36.5. The molecule has 1 heterocycles. The molecule has 1 N–H and O–H groups in total. The molecule has 0 radical (unpaired) electrons. The first-order valence-electron chi connectivity index (χ1n) is 5.41. The fourth-order valence-corrected chi connectivity index (χ4v) is 4.92. The van der Waals surface area contributed by atoms with Crippen LogP contribution in [0.3, 0.4) is 0 Å². The Hall–Kier alpha value is 0.450. The molecule has 0 saturated carbocycles. The third kappa shape index (κ3) is 4.75. The van der Waals surface area contributed by atoms with Crippen molar-refractivity contribution in [2.45, 2.75) is 42.5 Å². The molecule has 0 amide bonds. The monoisotopic (exact) mass is 273 g/mol. The van der Waals surface area contributed by atoms with Crippen LogP contribution in [0.4, 0.5) is 13.2 Å². The maximum absolute atomic E-state index is 12.2. The van der Waals surface area contributed by atoms with Crippen molar-refractivity contribution in [1.29, 1.82) is 0 Å². The van der Waals surface area contributed by atoms with Gasteiger partial charge in [0.25, 0.3) is 0 Å². The summed E-state index contributed by atoms with van der Waals surface area (Å²) in [4.78, 5) is 0. The second-order valence-electron chi connectivity index (χ2n) is 3.96. The van der Waals surface area contributed by atoms with Crippen LogP contribution in [0.5, 0.6) is 0 Å². The van der Waals surface area contributed by atoms with Crippen molar-refractivity contribution in [2.24, 2.45) is 0 Å². The maximum atomic E-state index is 12.2. The lowest BCUT2D eigenvalue weighted by molar-refractivity contribution is -0.136. The number of hydrogen-bond donors (Lipinski definition) is 1. The summed E-state index contributed by atoms with van der Waals surface area (Å²) in [7, 11) is 1.76. The summed E-state index contributed by atoms with van der Waals surface area (Å²) in [5.41, 5.74) is 0. The third-order valence-corrected chi connectivity index (χ3v) is 5.99. The molecule has 1 rings (SSSR count). The Morgan fingerprint density at radius 2 is 1.94 bits per heavy atom. The Bertz CT molecular complexity index is 211. The molecular weight excluding hydrogens is 255 g/mol. The van der Waals surface area contributed by atoms with Crippen LogP contribution >= 0.6 is 23.5 Å². The first kappa shape index (κ1) is 14.5. The third-order valence-electron chi connectivity index (χ3n) is 2.74. The van der Waals surface area contributed by atoms with Crippen molar-refractivity contribution in [3.8, 4) is 0 Å². The standard InChI is InChI=1S/C10H18F3NS2/c1-7-9(16-6-5-15-7)8(14-2)3-4-10(11,12)13/h7-9,14H,3-6H2,1-2H3. The van der Waals surface area contributed by atoms with E-state index in [1.54, 1.807) is 18.8 Å². The Labute approximate surface area is 103 Å². The molecule has 1 fully saturated rings. The normalized spacial score (nSPS) is 29.1. The molecule has 16 heavy (non-hydrogen) atoms. The zero-order chi connectivity index (χ0) is 12.2. The zero-order valence-corrected chi connectivity index (χ0v) is 11.1. The van der Waals surface area contributed by atoms with Crippen molar-refractivity contribution in [2.75, 3.05) is 18.6 Å². The fraction of sp³-hybridized carbons (Fsp3) is 1.00. The highest BCUT2D eigenvalue weighted by Crippen LogP contribution is 2.35. The Morgan fingerprint density at radius 1 is 1.31 bits per heavy atom. The van der Waals surface area contributed by atoms with E-state index in [0.29, 0.717) is 10.5 Å². The van der Waals surface area contributed by atoms with E-state index in [1.807, 2.05) is 11.8 Å². The van der Waals surface area contributed by atoms with Crippen LogP contribution in [0.2, 0.25) is 0 Å². The van der Waals surface area contributed by atoms with E-state index >= 15 is 0 Å². The summed E-state index contributed by atoms with van der Waals surface area (Å²) in [5, 5.41) is 3.77. The van der Waals surface area contributed by atoms with E-state index < -0.39 is 12.6 Å². The summed E-state index contributed by atoms with van der Waals surface area (Å²) in [6.07, 6.45) is -4.54. The van der Waals surface area contributed by atoms with E-state index in [9.17, 15) is 13.2 Å². The number of halogens is 3. The van der Waals surface area contributed by atoms with Crippen molar-refractivity contribution in [3.63, 3.8) is 0 Å². The molecule has 1 aliphatic rings. The van der Waals surface area contributed by atoms with Crippen LogP contribution in [-0.4, -0.2) is 41.3 Å². The van der Waals surface area contributed by atoms with Gasteiger partial charge in [0.15, 0.2) is 0 Å². The van der Waals surface area contributed by atoms with Gasteiger partial charge in [-0.3, -0.25) is 0 Å². The molecule has 0 aromatic carbocycles. The van der Waals surface area contributed by atoms with Gasteiger partial charge in [0, 0.05) is 34.5 Å². The first-order chi connectivity index (χ1) is 7.44. The van der Waals surface area contributed by atoms with Gasteiger partial charge in [-0.05, 0) is 13.5 Å². The van der Waals surface area contributed by atoms with Gasteiger partial charge in [0.2, 0.25) is 0 Å². The lowest BCUT2D eigenvalue weighted by Crippen LogP contribution is -2.43. The molecular formula is C10H18F3NS2. The van der Waals surface area contributed by atoms with Gasteiger partial charge in [0.05, 0.1) is 0 Å². The van der Waals surface area contributed by atoms with E-state index in [2.05, 4.69) is 12.2 Å². The predicted octanol–water partition coefficient (Wildman–Crippen LogP) is 3.15. The largest absolute Gasteiger partial charge is 0.389 e. The van der Waals surface area contributed by atoms with Crippen molar-refractivity contribution < 1.29 is 13.2 Å². The number of rotatable bonds is 4. The molecule has 1 saturated heterocycles. The maximum Gasteiger partial charge on any atom is 0.389 e. The Morgan fingerprint density at radius 3 is 2.44 bits per heavy atom. The van der Waals surface area contributed by atoms with Crippen LogP contribution in [0, 0.1) is 0 Å². The van der Waals surface area contributed by atoms with Gasteiger partial charge in [-0.2, -0.15) is 36.7 Å². The molecule has 0 spiro atoms. The molecule has 0 bridgehead atoms. The molecule has 0 aromatic rings. The zero-order valence-electron chi connectivity index (χ0n) is 9.51. The van der Waals surface area contributed by atoms with Crippen LogP contribution in [0.15, 0.2) is 0 Å². The summed E-state index contributed by atoms with van der Waals surface area (Å²) in [5.74, 6) is 2.15. The molecule has 1 nitrogen and oxygen atoms in total.